The molecule has 1 saturated carbocycles. The Morgan fingerprint density at radius 3 is 3.00 bits per heavy atom. The Kier molecular flexibility index (Phi) is 3.28. The third-order valence-electron chi connectivity index (χ3n) is 3.96. The van der Waals surface area contributed by atoms with Gasteiger partial charge in [-0.25, -0.2) is 0 Å². The molecule has 1 aromatic heterocycles. The first-order valence-electron chi connectivity index (χ1n) is 7.14. The zero-order valence-corrected chi connectivity index (χ0v) is 11.3. The Labute approximate surface area is 113 Å². The summed E-state index contributed by atoms with van der Waals surface area (Å²) in [6, 6.07) is 8.14. The fraction of sp³-hybridized carbons (Fsp3) is 0.438. The molecule has 100 valence electrons. The van der Waals surface area contributed by atoms with Crippen LogP contribution in [0.2, 0.25) is 0 Å². The van der Waals surface area contributed by atoms with Gasteiger partial charge in [-0.15, -0.1) is 0 Å². The van der Waals surface area contributed by atoms with Gasteiger partial charge >= 0.3 is 0 Å². The van der Waals surface area contributed by atoms with E-state index in [-0.39, 0.29) is 5.91 Å². The largest absolute Gasteiger partial charge is 0.361 e. The van der Waals surface area contributed by atoms with E-state index in [1.165, 1.54) is 12.8 Å². The van der Waals surface area contributed by atoms with Crippen LogP contribution in [0.25, 0.3) is 10.9 Å². The maximum absolute atomic E-state index is 12.3. The normalized spacial score (nSPS) is 16.5. The average Bonchev–Trinajstić information content (AvgIpc) is 3.11. The maximum Gasteiger partial charge on any atom is 0.251 e. The Balaban J connectivity index is 1.70. The molecule has 19 heavy (non-hydrogen) atoms. The molecule has 1 aliphatic rings. The van der Waals surface area contributed by atoms with Crippen LogP contribution in [-0.2, 0) is 0 Å². The lowest BCUT2D eigenvalue weighted by Crippen LogP contribution is -2.34. The molecular weight excluding hydrogens is 236 g/mol. The smallest absolute Gasteiger partial charge is 0.251 e. The molecule has 1 aliphatic carbocycles. The quantitative estimate of drug-likeness (QED) is 0.845. The molecule has 1 aromatic carbocycles. The van der Waals surface area contributed by atoms with E-state index in [1.807, 2.05) is 30.5 Å². The molecule has 3 heteroatoms. The second-order valence-electron chi connectivity index (χ2n) is 5.54. The Hall–Kier alpha value is -1.77. The molecule has 1 heterocycles. The van der Waals surface area contributed by atoms with Gasteiger partial charge in [0.15, 0.2) is 0 Å². The number of aromatic amines is 1. The lowest BCUT2D eigenvalue weighted by Gasteiger charge is -2.16. The fourth-order valence-electron chi connectivity index (χ4n) is 2.54. The number of benzene rings is 1. The van der Waals surface area contributed by atoms with Crippen molar-refractivity contribution in [1.29, 1.82) is 0 Å². The molecule has 3 rings (SSSR count). The summed E-state index contributed by atoms with van der Waals surface area (Å²) in [5, 5.41) is 4.30. The van der Waals surface area contributed by atoms with Crippen molar-refractivity contribution in [1.82, 2.24) is 10.3 Å². The lowest BCUT2D eigenvalue weighted by molar-refractivity contribution is 0.0933. The van der Waals surface area contributed by atoms with E-state index in [9.17, 15) is 4.79 Å². The molecule has 0 spiro atoms. The molecule has 1 unspecified atom stereocenters. The molecule has 1 amide bonds. The highest BCUT2D eigenvalue weighted by molar-refractivity contribution is 5.98. The minimum absolute atomic E-state index is 0.0454. The van der Waals surface area contributed by atoms with Crippen molar-refractivity contribution in [3.63, 3.8) is 0 Å². The van der Waals surface area contributed by atoms with Crippen LogP contribution in [0.5, 0.6) is 0 Å². The summed E-state index contributed by atoms with van der Waals surface area (Å²) < 4.78 is 0. The SMILES string of the molecule is CCC(CC1CC1)NC(=O)c1ccc2cc[nH]c2c1. The summed E-state index contributed by atoms with van der Waals surface area (Å²) in [6.45, 7) is 2.14. The number of hydrogen-bond donors (Lipinski definition) is 2. The van der Waals surface area contributed by atoms with Gasteiger partial charge in [0.25, 0.3) is 5.91 Å². The van der Waals surface area contributed by atoms with E-state index in [4.69, 9.17) is 0 Å². The summed E-state index contributed by atoms with van der Waals surface area (Å²) in [7, 11) is 0. The van der Waals surface area contributed by atoms with Gasteiger partial charge < -0.3 is 10.3 Å². The van der Waals surface area contributed by atoms with Crippen LogP contribution in [0, 0.1) is 5.92 Å². The Bertz CT molecular complexity index is 583. The number of carbonyl (C=O) groups excluding carboxylic acids is 1. The van der Waals surface area contributed by atoms with Crippen LogP contribution in [0.3, 0.4) is 0 Å². The first kappa shape index (κ1) is 12.3. The highest BCUT2D eigenvalue weighted by Gasteiger charge is 2.25. The summed E-state index contributed by atoms with van der Waals surface area (Å²) in [4.78, 5) is 15.4. The van der Waals surface area contributed by atoms with E-state index >= 15 is 0 Å². The molecule has 2 N–H and O–H groups in total. The number of fused-ring (bicyclic) bond motifs is 1. The molecule has 2 aromatic rings. The van der Waals surface area contributed by atoms with Crippen LogP contribution in [0.4, 0.5) is 0 Å². The van der Waals surface area contributed by atoms with E-state index in [1.54, 1.807) is 0 Å². The molecular formula is C16H20N2O. The predicted molar refractivity (Wildman–Crippen MR) is 77.2 cm³/mol. The minimum atomic E-state index is 0.0454. The van der Waals surface area contributed by atoms with Gasteiger partial charge in [-0.3, -0.25) is 4.79 Å². The average molecular weight is 256 g/mol. The predicted octanol–water partition coefficient (Wildman–Crippen LogP) is 3.48. The van der Waals surface area contributed by atoms with Gasteiger partial charge in [-0.05, 0) is 42.3 Å². The second-order valence-corrected chi connectivity index (χ2v) is 5.54. The monoisotopic (exact) mass is 256 g/mol. The van der Waals surface area contributed by atoms with Crippen molar-refractivity contribution < 1.29 is 4.79 Å². The minimum Gasteiger partial charge on any atom is -0.361 e. The topological polar surface area (TPSA) is 44.9 Å². The number of H-pyrrole nitrogens is 1. The maximum atomic E-state index is 12.3. The van der Waals surface area contributed by atoms with Crippen molar-refractivity contribution in [2.45, 2.75) is 38.6 Å². The third-order valence-corrected chi connectivity index (χ3v) is 3.96. The first-order valence-corrected chi connectivity index (χ1v) is 7.14. The van der Waals surface area contributed by atoms with Gasteiger partial charge in [0, 0.05) is 23.3 Å². The molecule has 1 fully saturated rings. The summed E-state index contributed by atoms with van der Waals surface area (Å²) in [5.41, 5.74) is 1.76. The van der Waals surface area contributed by atoms with E-state index in [2.05, 4.69) is 17.2 Å². The number of amides is 1. The fourth-order valence-corrected chi connectivity index (χ4v) is 2.54. The van der Waals surface area contributed by atoms with Crippen LogP contribution in [0.1, 0.15) is 43.0 Å². The first-order chi connectivity index (χ1) is 9.26. The number of rotatable bonds is 5. The van der Waals surface area contributed by atoms with Crippen molar-refractivity contribution >= 4 is 16.8 Å². The summed E-state index contributed by atoms with van der Waals surface area (Å²) >= 11 is 0. The number of nitrogens with one attached hydrogen (secondary N) is 2. The van der Waals surface area contributed by atoms with E-state index in [0.717, 1.165) is 35.2 Å². The number of carbonyl (C=O) groups is 1. The van der Waals surface area contributed by atoms with E-state index < -0.39 is 0 Å². The van der Waals surface area contributed by atoms with Gasteiger partial charge in [0.2, 0.25) is 0 Å². The van der Waals surface area contributed by atoms with Crippen molar-refractivity contribution in [3.8, 4) is 0 Å². The van der Waals surface area contributed by atoms with E-state index in [0.29, 0.717) is 6.04 Å². The zero-order valence-electron chi connectivity index (χ0n) is 11.3. The van der Waals surface area contributed by atoms with Gasteiger partial charge in [-0.1, -0.05) is 25.8 Å². The van der Waals surface area contributed by atoms with Crippen LogP contribution in [-0.4, -0.2) is 16.9 Å². The zero-order chi connectivity index (χ0) is 13.2. The molecule has 1 atom stereocenters. The highest BCUT2D eigenvalue weighted by Crippen LogP contribution is 2.34. The van der Waals surface area contributed by atoms with Crippen molar-refractivity contribution in [2.24, 2.45) is 5.92 Å². The molecule has 0 bridgehead atoms. The number of hydrogen-bond acceptors (Lipinski definition) is 1. The number of aromatic nitrogens is 1. The standard InChI is InChI=1S/C16H20N2O/c1-2-14(9-11-3-4-11)18-16(19)13-6-5-12-7-8-17-15(12)10-13/h5-8,10-11,14,17H,2-4,9H2,1H3,(H,18,19). The van der Waals surface area contributed by atoms with Crippen LogP contribution < -0.4 is 5.32 Å². The Morgan fingerprint density at radius 1 is 1.42 bits per heavy atom. The molecule has 3 nitrogen and oxygen atoms in total. The van der Waals surface area contributed by atoms with Crippen molar-refractivity contribution in [2.75, 3.05) is 0 Å². The van der Waals surface area contributed by atoms with Crippen LogP contribution in [0.15, 0.2) is 30.5 Å². The van der Waals surface area contributed by atoms with Crippen molar-refractivity contribution in [3.05, 3.63) is 36.0 Å². The van der Waals surface area contributed by atoms with Gasteiger partial charge in [-0.2, -0.15) is 0 Å². The summed E-state index contributed by atoms with van der Waals surface area (Å²) in [5.74, 6) is 0.889. The van der Waals surface area contributed by atoms with Gasteiger partial charge in [0.1, 0.15) is 0 Å². The lowest BCUT2D eigenvalue weighted by atomic mass is 10.1. The molecule has 0 saturated heterocycles. The second kappa shape index (κ2) is 5.08. The third kappa shape index (κ3) is 2.80. The highest BCUT2D eigenvalue weighted by atomic mass is 16.1. The summed E-state index contributed by atoms with van der Waals surface area (Å²) in [6.07, 6.45) is 6.70. The Morgan fingerprint density at radius 2 is 2.26 bits per heavy atom. The molecule has 0 aliphatic heterocycles. The van der Waals surface area contributed by atoms with Gasteiger partial charge in [0.05, 0.1) is 0 Å². The molecule has 0 radical (unpaired) electrons. The van der Waals surface area contributed by atoms with Crippen LogP contribution >= 0.6 is 0 Å².